The molecule has 1 unspecified atom stereocenters. The molecule has 0 aliphatic heterocycles. The zero-order chi connectivity index (χ0) is 15.8. The van der Waals surface area contributed by atoms with Crippen LogP contribution in [0.5, 0.6) is 5.75 Å². The number of carbonyl (C=O) groups excluding carboxylic acids is 1. The average molecular weight is 316 g/mol. The van der Waals surface area contributed by atoms with E-state index in [1.165, 1.54) is 18.2 Å². The fourth-order valence-corrected chi connectivity index (χ4v) is 1.76. The van der Waals surface area contributed by atoms with Crippen molar-refractivity contribution in [1.82, 2.24) is 5.32 Å². The highest BCUT2D eigenvalue weighted by atomic mass is 35.5. The second-order valence-corrected chi connectivity index (χ2v) is 4.78. The van der Waals surface area contributed by atoms with Gasteiger partial charge in [0.05, 0.1) is 0 Å². The van der Waals surface area contributed by atoms with Crippen LogP contribution in [0.2, 0.25) is 5.02 Å². The van der Waals surface area contributed by atoms with E-state index >= 15 is 0 Å². The van der Waals surface area contributed by atoms with Crippen LogP contribution >= 0.6 is 11.6 Å². The van der Waals surface area contributed by atoms with Crippen molar-refractivity contribution >= 4 is 23.5 Å². The summed E-state index contributed by atoms with van der Waals surface area (Å²) in [5.74, 6) is -1.39. The molecule has 1 rings (SSSR count). The maximum Gasteiger partial charge on any atom is 0.339 e. The molecule has 0 aromatic heterocycles. The lowest BCUT2D eigenvalue weighted by molar-refractivity contribution is -0.127. The zero-order valence-electron chi connectivity index (χ0n) is 11.9. The molecule has 1 amide bonds. The van der Waals surface area contributed by atoms with Gasteiger partial charge in [0.15, 0.2) is 6.10 Å². The Balaban J connectivity index is 2.63. The summed E-state index contributed by atoms with van der Waals surface area (Å²) < 4.78 is 10.3. The molecule has 1 aromatic rings. The molecule has 0 radical (unpaired) electrons. The summed E-state index contributed by atoms with van der Waals surface area (Å²) in [5.41, 5.74) is -0.0819. The molecule has 0 aliphatic carbocycles. The van der Waals surface area contributed by atoms with Gasteiger partial charge in [-0.05, 0) is 31.5 Å². The molecule has 0 heterocycles. The van der Waals surface area contributed by atoms with Crippen molar-refractivity contribution in [2.45, 2.75) is 19.4 Å². The van der Waals surface area contributed by atoms with Crippen molar-refractivity contribution in [3.63, 3.8) is 0 Å². The topological polar surface area (TPSA) is 84.9 Å². The van der Waals surface area contributed by atoms with Gasteiger partial charge in [-0.15, -0.1) is 0 Å². The Labute approximate surface area is 128 Å². The van der Waals surface area contributed by atoms with Gasteiger partial charge in [-0.1, -0.05) is 11.6 Å². The van der Waals surface area contributed by atoms with Crippen LogP contribution in [-0.4, -0.2) is 43.3 Å². The first-order valence-electron chi connectivity index (χ1n) is 6.42. The molecular weight excluding hydrogens is 298 g/mol. The van der Waals surface area contributed by atoms with E-state index in [1.807, 2.05) is 0 Å². The summed E-state index contributed by atoms with van der Waals surface area (Å²) in [6.07, 6.45) is -0.122. The standard InChI is InChI=1S/C14H18ClNO5/c1-9(13(17)16-6-3-7-20-2)21-12-5-4-10(15)8-11(12)14(18)19/h4-5,8-9H,3,6-7H2,1-2H3,(H,16,17)(H,18,19). The van der Waals surface area contributed by atoms with E-state index in [0.29, 0.717) is 19.6 Å². The number of carboxylic acid groups (broad SMARTS) is 1. The minimum absolute atomic E-state index is 0.0819. The lowest BCUT2D eigenvalue weighted by Gasteiger charge is -2.16. The lowest BCUT2D eigenvalue weighted by Crippen LogP contribution is -2.37. The second kappa shape index (κ2) is 8.49. The Kier molecular flexibility index (Phi) is 6.98. The van der Waals surface area contributed by atoms with E-state index in [4.69, 9.17) is 26.2 Å². The van der Waals surface area contributed by atoms with Crippen molar-refractivity contribution in [1.29, 1.82) is 0 Å². The zero-order valence-corrected chi connectivity index (χ0v) is 12.6. The number of carboxylic acids is 1. The van der Waals surface area contributed by atoms with Crippen LogP contribution in [0.1, 0.15) is 23.7 Å². The summed E-state index contributed by atoms with van der Waals surface area (Å²) in [4.78, 5) is 22.9. The van der Waals surface area contributed by atoms with E-state index in [-0.39, 0.29) is 22.2 Å². The number of halogens is 1. The van der Waals surface area contributed by atoms with Gasteiger partial charge < -0.3 is 19.9 Å². The molecule has 0 saturated heterocycles. The fraction of sp³-hybridized carbons (Fsp3) is 0.429. The number of ether oxygens (including phenoxy) is 2. The van der Waals surface area contributed by atoms with Gasteiger partial charge in [0.1, 0.15) is 11.3 Å². The number of benzene rings is 1. The molecule has 1 aromatic carbocycles. The molecule has 0 spiro atoms. The van der Waals surface area contributed by atoms with Crippen LogP contribution in [0.4, 0.5) is 0 Å². The molecule has 1 atom stereocenters. The van der Waals surface area contributed by atoms with Crippen LogP contribution in [0, 0.1) is 0 Å². The van der Waals surface area contributed by atoms with Gasteiger partial charge in [-0.25, -0.2) is 4.79 Å². The van der Waals surface area contributed by atoms with Gasteiger partial charge >= 0.3 is 5.97 Å². The molecule has 0 aliphatic rings. The number of nitrogens with one attached hydrogen (secondary N) is 1. The third-order valence-electron chi connectivity index (χ3n) is 2.67. The quantitative estimate of drug-likeness (QED) is 0.716. The SMILES string of the molecule is COCCCNC(=O)C(C)Oc1ccc(Cl)cc1C(=O)O. The highest BCUT2D eigenvalue weighted by Gasteiger charge is 2.18. The summed E-state index contributed by atoms with van der Waals surface area (Å²) >= 11 is 5.75. The first-order chi connectivity index (χ1) is 9.95. The van der Waals surface area contributed by atoms with Crippen molar-refractivity contribution < 1.29 is 24.2 Å². The maximum absolute atomic E-state index is 11.8. The largest absolute Gasteiger partial charge is 0.480 e. The normalized spacial score (nSPS) is 11.8. The van der Waals surface area contributed by atoms with E-state index in [1.54, 1.807) is 14.0 Å². The van der Waals surface area contributed by atoms with Crippen LogP contribution in [0.3, 0.4) is 0 Å². The van der Waals surface area contributed by atoms with E-state index in [9.17, 15) is 9.59 Å². The molecule has 0 fully saturated rings. The highest BCUT2D eigenvalue weighted by Crippen LogP contribution is 2.23. The lowest BCUT2D eigenvalue weighted by atomic mass is 10.2. The predicted octanol–water partition coefficient (Wildman–Crippen LogP) is 1.96. The molecule has 0 saturated carbocycles. The summed E-state index contributed by atoms with van der Waals surface area (Å²) in [7, 11) is 1.58. The Morgan fingerprint density at radius 2 is 2.14 bits per heavy atom. The molecule has 2 N–H and O–H groups in total. The van der Waals surface area contributed by atoms with Crippen molar-refractivity contribution in [2.75, 3.05) is 20.3 Å². The third kappa shape index (κ3) is 5.61. The van der Waals surface area contributed by atoms with Crippen molar-refractivity contribution in [3.8, 4) is 5.75 Å². The van der Waals surface area contributed by atoms with Gasteiger partial charge in [0, 0.05) is 25.3 Å². The van der Waals surface area contributed by atoms with Crippen LogP contribution in [0.15, 0.2) is 18.2 Å². The first-order valence-corrected chi connectivity index (χ1v) is 6.79. The number of aromatic carboxylic acids is 1. The first kappa shape index (κ1) is 17.3. The molecule has 116 valence electrons. The van der Waals surface area contributed by atoms with Crippen LogP contribution in [-0.2, 0) is 9.53 Å². The monoisotopic (exact) mass is 315 g/mol. The van der Waals surface area contributed by atoms with E-state index in [0.717, 1.165) is 0 Å². The number of rotatable bonds is 8. The minimum Gasteiger partial charge on any atom is -0.480 e. The highest BCUT2D eigenvalue weighted by molar-refractivity contribution is 6.31. The summed E-state index contributed by atoms with van der Waals surface area (Å²) in [5, 5.41) is 12.1. The van der Waals surface area contributed by atoms with E-state index in [2.05, 4.69) is 5.32 Å². The molecule has 6 nitrogen and oxygen atoms in total. The Morgan fingerprint density at radius 3 is 2.76 bits per heavy atom. The number of hydrogen-bond donors (Lipinski definition) is 2. The predicted molar refractivity (Wildman–Crippen MR) is 78.0 cm³/mol. The van der Waals surface area contributed by atoms with Crippen molar-refractivity contribution in [2.24, 2.45) is 0 Å². The Morgan fingerprint density at radius 1 is 1.43 bits per heavy atom. The van der Waals surface area contributed by atoms with Crippen molar-refractivity contribution in [3.05, 3.63) is 28.8 Å². The fourth-order valence-electron chi connectivity index (χ4n) is 1.59. The number of amides is 1. The van der Waals surface area contributed by atoms with Gasteiger partial charge in [-0.2, -0.15) is 0 Å². The second-order valence-electron chi connectivity index (χ2n) is 4.34. The third-order valence-corrected chi connectivity index (χ3v) is 2.90. The van der Waals surface area contributed by atoms with Gasteiger partial charge in [-0.3, -0.25) is 4.79 Å². The maximum atomic E-state index is 11.8. The number of carbonyl (C=O) groups is 2. The minimum atomic E-state index is -1.17. The summed E-state index contributed by atoms with van der Waals surface area (Å²) in [6, 6.07) is 4.22. The Hall–Kier alpha value is -1.79. The Bertz CT molecular complexity index is 506. The van der Waals surface area contributed by atoms with Crippen LogP contribution < -0.4 is 10.1 Å². The number of hydrogen-bond acceptors (Lipinski definition) is 4. The molecule has 7 heteroatoms. The smallest absolute Gasteiger partial charge is 0.339 e. The molecular formula is C14H18ClNO5. The van der Waals surface area contributed by atoms with Gasteiger partial charge in [0.25, 0.3) is 5.91 Å². The van der Waals surface area contributed by atoms with Gasteiger partial charge in [0.2, 0.25) is 0 Å². The van der Waals surface area contributed by atoms with Crippen LogP contribution in [0.25, 0.3) is 0 Å². The average Bonchev–Trinajstić information content (AvgIpc) is 2.44. The summed E-state index contributed by atoms with van der Waals surface area (Å²) in [6.45, 7) is 2.56. The molecule has 0 bridgehead atoms. The number of methoxy groups -OCH3 is 1. The van der Waals surface area contributed by atoms with E-state index < -0.39 is 12.1 Å². The molecule has 21 heavy (non-hydrogen) atoms.